The van der Waals surface area contributed by atoms with E-state index in [-0.39, 0.29) is 4.88 Å². The van der Waals surface area contributed by atoms with Gasteiger partial charge in [0.25, 0.3) is 0 Å². The molecule has 0 fully saturated rings. The number of thiophene rings is 1. The first-order valence-corrected chi connectivity index (χ1v) is 4.65. The summed E-state index contributed by atoms with van der Waals surface area (Å²) in [6.07, 6.45) is 1.27. The Bertz CT molecular complexity index is 521. The van der Waals surface area contributed by atoms with Crippen molar-refractivity contribution < 1.29 is 9.90 Å². The number of nitrogen functional groups attached to an aromatic ring is 1. The zero-order valence-corrected chi connectivity index (χ0v) is 8.13. The number of nitrogens with two attached hydrogens (primary N) is 1. The van der Waals surface area contributed by atoms with E-state index in [0.29, 0.717) is 16.7 Å². The molecule has 2 aromatic heterocycles. The Kier molecular flexibility index (Phi) is 1.85. The number of carbonyl (C=O) groups is 1. The lowest BCUT2D eigenvalue weighted by Gasteiger charge is -1.94. The number of carboxylic acids is 1. The van der Waals surface area contributed by atoms with Crippen molar-refractivity contribution in [1.82, 2.24) is 9.97 Å². The van der Waals surface area contributed by atoms with E-state index in [1.165, 1.54) is 17.7 Å². The summed E-state index contributed by atoms with van der Waals surface area (Å²) in [5.41, 5.74) is 6.06. The van der Waals surface area contributed by atoms with Crippen LogP contribution < -0.4 is 5.73 Å². The van der Waals surface area contributed by atoms with Crippen LogP contribution >= 0.6 is 11.3 Å². The maximum atomic E-state index is 10.8. The first kappa shape index (κ1) is 8.89. The van der Waals surface area contributed by atoms with Gasteiger partial charge in [0.15, 0.2) is 0 Å². The largest absolute Gasteiger partial charge is 0.477 e. The highest BCUT2D eigenvalue weighted by molar-refractivity contribution is 7.15. The summed E-state index contributed by atoms with van der Waals surface area (Å²) >= 11 is 1.17. The molecule has 2 rings (SSSR count). The summed E-state index contributed by atoms with van der Waals surface area (Å²) in [6, 6.07) is 0. The minimum Gasteiger partial charge on any atom is -0.477 e. The van der Waals surface area contributed by atoms with Crippen LogP contribution in [0.2, 0.25) is 0 Å². The number of anilines is 1. The summed E-state index contributed by atoms with van der Waals surface area (Å²) in [6.45, 7) is 1.80. The van der Waals surface area contributed by atoms with Crippen molar-refractivity contribution in [2.24, 2.45) is 0 Å². The standard InChI is InChI=1S/C8H7N3O2S/c1-3-4-5(6(14-3)8(12)13)10-2-11-7(4)9/h2H,1H3,(H,12,13)(H2,9,10,11). The number of nitrogens with zero attached hydrogens (tertiary/aromatic N) is 2. The number of hydrogen-bond acceptors (Lipinski definition) is 5. The lowest BCUT2D eigenvalue weighted by molar-refractivity contribution is 0.0704. The Morgan fingerprint density at radius 1 is 1.57 bits per heavy atom. The molecule has 0 aliphatic carbocycles. The fraction of sp³-hybridized carbons (Fsp3) is 0.125. The Hall–Kier alpha value is -1.69. The van der Waals surface area contributed by atoms with Crippen molar-refractivity contribution in [3.05, 3.63) is 16.1 Å². The molecule has 0 radical (unpaired) electrons. The van der Waals surface area contributed by atoms with Crippen molar-refractivity contribution in [3.63, 3.8) is 0 Å². The van der Waals surface area contributed by atoms with Gasteiger partial charge in [-0.2, -0.15) is 0 Å². The van der Waals surface area contributed by atoms with E-state index in [9.17, 15) is 4.79 Å². The molecule has 0 saturated heterocycles. The Morgan fingerprint density at radius 3 is 2.93 bits per heavy atom. The van der Waals surface area contributed by atoms with Crippen molar-refractivity contribution in [2.45, 2.75) is 6.92 Å². The van der Waals surface area contributed by atoms with E-state index >= 15 is 0 Å². The quantitative estimate of drug-likeness (QED) is 0.738. The first-order chi connectivity index (χ1) is 6.61. The monoisotopic (exact) mass is 209 g/mol. The average Bonchev–Trinajstić information content (AvgIpc) is 2.45. The van der Waals surface area contributed by atoms with Gasteiger partial charge in [-0.1, -0.05) is 0 Å². The van der Waals surface area contributed by atoms with Crippen LogP contribution in [0.15, 0.2) is 6.33 Å². The normalized spacial score (nSPS) is 10.6. The third-order valence-electron chi connectivity index (χ3n) is 1.89. The third-order valence-corrected chi connectivity index (χ3v) is 2.98. The van der Waals surface area contributed by atoms with E-state index in [1.807, 2.05) is 0 Å². The highest BCUT2D eigenvalue weighted by atomic mass is 32.1. The molecule has 0 amide bonds. The fourth-order valence-corrected chi connectivity index (χ4v) is 2.26. The Labute approximate surface area is 83.2 Å². The topological polar surface area (TPSA) is 89.1 Å². The molecule has 0 aliphatic heterocycles. The second-order valence-electron chi connectivity index (χ2n) is 2.78. The number of aromatic carboxylic acids is 1. The Balaban J connectivity index is 2.91. The maximum absolute atomic E-state index is 10.8. The van der Waals surface area contributed by atoms with Gasteiger partial charge in [0.1, 0.15) is 22.5 Å². The summed E-state index contributed by atoms with van der Waals surface area (Å²) in [5, 5.41) is 9.54. The van der Waals surface area contributed by atoms with Crippen LogP contribution in [0, 0.1) is 6.92 Å². The molecular formula is C8H7N3O2S. The molecule has 0 bridgehead atoms. The lowest BCUT2D eigenvalue weighted by atomic mass is 10.2. The Morgan fingerprint density at radius 2 is 2.29 bits per heavy atom. The first-order valence-electron chi connectivity index (χ1n) is 3.84. The molecule has 0 spiro atoms. The molecule has 0 aliphatic rings. The van der Waals surface area contributed by atoms with Crippen LogP contribution in [0.4, 0.5) is 5.82 Å². The SMILES string of the molecule is Cc1sc(C(=O)O)c2ncnc(N)c12. The number of aryl methyl sites for hydroxylation is 1. The van der Waals surface area contributed by atoms with Gasteiger partial charge in [-0.05, 0) is 6.92 Å². The molecule has 2 aromatic rings. The minimum atomic E-state index is -0.980. The highest BCUT2D eigenvalue weighted by Gasteiger charge is 2.17. The van der Waals surface area contributed by atoms with Crippen molar-refractivity contribution >= 4 is 34.0 Å². The van der Waals surface area contributed by atoms with E-state index in [0.717, 1.165) is 4.88 Å². The van der Waals surface area contributed by atoms with Crippen LogP contribution in [-0.2, 0) is 0 Å². The maximum Gasteiger partial charge on any atom is 0.348 e. The summed E-state index contributed by atoms with van der Waals surface area (Å²) in [5.74, 6) is -0.651. The van der Waals surface area contributed by atoms with Gasteiger partial charge >= 0.3 is 5.97 Å². The van der Waals surface area contributed by atoms with Crippen LogP contribution in [0.3, 0.4) is 0 Å². The van der Waals surface area contributed by atoms with Gasteiger partial charge in [0.2, 0.25) is 0 Å². The van der Waals surface area contributed by atoms with Crippen LogP contribution in [-0.4, -0.2) is 21.0 Å². The number of hydrogen-bond donors (Lipinski definition) is 2. The summed E-state index contributed by atoms with van der Waals surface area (Å²) in [7, 11) is 0. The minimum absolute atomic E-state index is 0.214. The van der Waals surface area contributed by atoms with Gasteiger partial charge < -0.3 is 10.8 Å². The molecule has 72 valence electrons. The smallest absolute Gasteiger partial charge is 0.348 e. The van der Waals surface area contributed by atoms with E-state index in [2.05, 4.69) is 9.97 Å². The highest BCUT2D eigenvalue weighted by Crippen LogP contribution is 2.31. The zero-order valence-electron chi connectivity index (χ0n) is 7.31. The predicted octanol–water partition coefficient (Wildman–Crippen LogP) is 1.28. The van der Waals surface area contributed by atoms with Gasteiger partial charge in [-0.25, -0.2) is 14.8 Å². The molecule has 2 heterocycles. The van der Waals surface area contributed by atoms with Crippen molar-refractivity contribution in [1.29, 1.82) is 0 Å². The number of rotatable bonds is 1. The molecule has 5 nitrogen and oxygen atoms in total. The zero-order chi connectivity index (χ0) is 10.3. The van der Waals surface area contributed by atoms with Gasteiger partial charge in [-0.15, -0.1) is 11.3 Å². The molecule has 0 aromatic carbocycles. The fourth-order valence-electron chi connectivity index (χ4n) is 1.32. The average molecular weight is 209 g/mol. The van der Waals surface area contributed by atoms with Gasteiger partial charge in [0, 0.05) is 4.88 Å². The van der Waals surface area contributed by atoms with E-state index < -0.39 is 5.97 Å². The number of carboxylic acid groups (broad SMARTS) is 1. The van der Waals surface area contributed by atoms with Gasteiger partial charge in [0.05, 0.1) is 5.39 Å². The van der Waals surface area contributed by atoms with Crippen LogP contribution in [0.25, 0.3) is 10.9 Å². The van der Waals surface area contributed by atoms with E-state index in [4.69, 9.17) is 10.8 Å². The molecule has 6 heteroatoms. The van der Waals surface area contributed by atoms with E-state index in [1.54, 1.807) is 6.92 Å². The molecule has 0 atom stereocenters. The summed E-state index contributed by atoms with van der Waals surface area (Å²) in [4.78, 5) is 19.6. The third kappa shape index (κ3) is 1.12. The van der Waals surface area contributed by atoms with Crippen molar-refractivity contribution in [3.8, 4) is 0 Å². The molecule has 0 unspecified atom stereocenters. The molecule has 0 saturated carbocycles. The second kappa shape index (κ2) is 2.91. The van der Waals surface area contributed by atoms with Crippen molar-refractivity contribution in [2.75, 3.05) is 5.73 Å². The van der Waals surface area contributed by atoms with Crippen LogP contribution in [0.5, 0.6) is 0 Å². The lowest BCUT2D eigenvalue weighted by Crippen LogP contribution is -1.96. The van der Waals surface area contributed by atoms with Gasteiger partial charge in [-0.3, -0.25) is 0 Å². The number of aromatic nitrogens is 2. The molecular weight excluding hydrogens is 202 g/mol. The molecule has 14 heavy (non-hydrogen) atoms. The van der Waals surface area contributed by atoms with Crippen LogP contribution in [0.1, 0.15) is 14.5 Å². The second-order valence-corrected chi connectivity index (χ2v) is 4.00. The predicted molar refractivity (Wildman–Crippen MR) is 53.5 cm³/mol. The summed E-state index contributed by atoms with van der Waals surface area (Å²) < 4.78 is 0. The molecule has 3 N–H and O–H groups in total. The number of fused-ring (bicyclic) bond motifs is 1.